The van der Waals surface area contributed by atoms with Gasteiger partial charge in [-0.3, -0.25) is 9.59 Å². The van der Waals surface area contributed by atoms with E-state index in [0.29, 0.717) is 6.42 Å². The van der Waals surface area contributed by atoms with Crippen molar-refractivity contribution < 1.29 is 28.3 Å². The van der Waals surface area contributed by atoms with Gasteiger partial charge in [-0.05, 0) is 68.7 Å². The van der Waals surface area contributed by atoms with E-state index in [1.807, 2.05) is 13.0 Å². The highest BCUT2D eigenvalue weighted by Crippen LogP contribution is 2.77. The summed E-state index contributed by atoms with van der Waals surface area (Å²) in [7, 11) is 0. The molecular weight excluding hydrogens is 456 g/mol. The van der Waals surface area contributed by atoms with Crippen LogP contribution in [0.15, 0.2) is 46.6 Å². The largest absolute Gasteiger partial charge is 0.457 e. The van der Waals surface area contributed by atoms with Gasteiger partial charge in [0.15, 0.2) is 17.2 Å². The van der Waals surface area contributed by atoms with Crippen molar-refractivity contribution in [1.82, 2.24) is 0 Å². The molecule has 4 fully saturated rings. The number of Topliss-reactive ketones (excluding diaryl/α,β-unsaturated/α-hetero) is 1. The van der Waals surface area contributed by atoms with E-state index >= 15 is 0 Å². The van der Waals surface area contributed by atoms with E-state index in [2.05, 4.69) is 13.8 Å². The molecule has 180 valence electrons. The van der Waals surface area contributed by atoms with Gasteiger partial charge >= 0.3 is 5.97 Å². The summed E-state index contributed by atoms with van der Waals surface area (Å²) in [6.07, 6.45) is 9.84. The number of ketones is 2. The number of carbonyl (C=O) groups excluding carboxylic acids is 3. The van der Waals surface area contributed by atoms with Gasteiger partial charge in [-0.2, -0.15) is 0 Å². The molecule has 4 aliphatic carbocycles. The molecule has 1 aliphatic heterocycles. The lowest BCUT2D eigenvalue weighted by molar-refractivity contribution is -0.162. The van der Waals surface area contributed by atoms with Crippen LogP contribution < -0.4 is 0 Å². The predicted molar refractivity (Wildman–Crippen MR) is 123 cm³/mol. The van der Waals surface area contributed by atoms with Gasteiger partial charge in [-0.1, -0.05) is 25.5 Å². The molecule has 0 bridgehead atoms. The van der Waals surface area contributed by atoms with Gasteiger partial charge in [0.25, 0.3) is 0 Å². The molecule has 6 nitrogen and oxygen atoms in total. The van der Waals surface area contributed by atoms with Crippen molar-refractivity contribution in [1.29, 1.82) is 0 Å². The summed E-state index contributed by atoms with van der Waals surface area (Å²) in [5.74, 6) is -0.916. The van der Waals surface area contributed by atoms with Crippen LogP contribution in [0.2, 0.25) is 0 Å². The molecule has 34 heavy (non-hydrogen) atoms. The van der Waals surface area contributed by atoms with Crippen molar-refractivity contribution in [3.8, 4) is 0 Å². The van der Waals surface area contributed by atoms with Gasteiger partial charge in [0.1, 0.15) is 5.60 Å². The van der Waals surface area contributed by atoms with Crippen molar-refractivity contribution in [2.24, 2.45) is 28.6 Å². The molecule has 1 spiro atoms. The highest BCUT2D eigenvalue weighted by atomic mass is 35.5. The summed E-state index contributed by atoms with van der Waals surface area (Å²) in [6, 6.07) is 3.17. The highest BCUT2D eigenvalue weighted by molar-refractivity contribution is 6.29. The second-order valence-corrected chi connectivity index (χ2v) is 11.4. The first-order chi connectivity index (χ1) is 16.1. The Balaban J connectivity index is 1.43. The zero-order chi connectivity index (χ0) is 24.1. The highest BCUT2D eigenvalue weighted by Gasteiger charge is 2.82. The van der Waals surface area contributed by atoms with Crippen molar-refractivity contribution in [2.45, 2.75) is 63.8 Å². The van der Waals surface area contributed by atoms with Gasteiger partial charge in [-0.25, -0.2) is 4.79 Å². The molecule has 5 aliphatic rings. The molecule has 1 saturated heterocycles. The fourth-order valence-electron chi connectivity index (χ4n) is 8.53. The van der Waals surface area contributed by atoms with Crippen LogP contribution in [-0.4, -0.2) is 40.7 Å². The number of esters is 1. The smallest absolute Gasteiger partial charge is 0.375 e. The normalized spacial score (nSPS) is 46.0. The maximum Gasteiger partial charge on any atom is 0.375 e. The van der Waals surface area contributed by atoms with Gasteiger partial charge in [0, 0.05) is 16.7 Å². The van der Waals surface area contributed by atoms with Crippen LogP contribution in [0, 0.1) is 28.6 Å². The van der Waals surface area contributed by atoms with Crippen molar-refractivity contribution >= 4 is 29.1 Å². The molecule has 0 amide bonds. The number of hydrogen-bond acceptors (Lipinski definition) is 6. The van der Waals surface area contributed by atoms with Crippen LogP contribution in [0.25, 0.3) is 0 Å². The van der Waals surface area contributed by atoms with Crippen LogP contribution in [0.5, 0.6) is 0 Å². The fraction of sp³-hybridized carbons (Fsp3) is 0.593. The van der Waals surface area contributed by atoms with E-state index in [1.54, 1.807) is 24.3 Å². The number of carbonyl (C=O) groups is 3. The first kappa shape index (κ1) is 22.3. The van der Waals surface area contributed by atoms with E-state index in [0.717, 1.165) is 24.8 Å². The Morgan fingerprint density at radius 1 is 1.26 bits per heavy atom. The monoisotopic (exact) mass is 484 g/mol. The number of ether oxygens (including phenoxy) is 2. The molecule has 0 N–H and O–H groups in total. The summed E-state index contributed by atoms with van der Waals surface area (Å²) >= 11 is 6.15. The molecule has 0 radical (unpaired) electrons. The zero-order valence-corrected chi connectivity index (χ0v) is 20.4. The van der Waals surface area contributed by atoms with Crippen LogP contribution in [0.4, 0.5) is 0 Å². The van der Waals surface area contributed by atoms with Gasteiger partial charge in [-0.15, -0.1) is 11.6 Å². The third kappa shape index (κ3) is 2.44. The third-order valence-corrected chi connectivity index (χ3v) is 10.2. The zero-order valence-electron chi connectivity index (χ0n) is 19.6. The molecular formula is C27H29ClO6. The molecule has 7 heteroatoms. The summed E-state index contributed by atoms with van der Waals surface area (Å²) in [5, 5.41) is 0. The van der Waals surface area contributed by atoms with E-state index in [-0.39, 0.29) is 58.1 Å². The number of allylic oxidation sites excluding steroid dienone is 2. The lowest BCUT2D eigenvalue weighted by atomic mass is 9.46. The van der Waals surface area contributed by atoms with Crippen molar-refractivity contribution in [2.75, 3.05) is 5.88 Å². The molecule has 3 saturated carbocycles. The molecule has 0 aromatic carbocycles. The second kappa shape index (κ2) is 6.94. The van der Waals surface area contributed by atoms with Crippen LogP contribution in [-0.2, 0) is 19.1 Å². The predicted octanol–water partition coefficient (Wildman–Crippen LogP) is 4.67. The van der Waals surface area contributed by atoms with Gasteiger partial charge < -0.3 is 13.9 Å². The molecule has 8 atom stereocenters. The average Bonchev–Trinajstić information content (AvgIpc) is 3.17. The summed E-state index contributed by atoms with van der Waals surface area (Å²) in [5.41, 5.74) is -1.56. The Morgan fingerprint density at radius 2 is 2.06 bits per heavy atom. The maximum absolute atomic E-state index is 13.6. The second-order valence-electron chi connectivity index (χ2n) is 11.2. The van der Waals surface area contributed by atoms with E-state index in [1.165, 1.54) is 6.26 Å². The van der Waals surface area contributed by atoms with Crippen molar-refractivity contribution in [3.63, 3.8) is 0 Å². The van der Waals surface area contributed by atoms with Crippen molar-refractivity contribution in [3.05, 3.63) is 48.0 Å². The summed E-state index contributed by atoms with van der Waals surface area (Å²) in [6.45, 7) is 6.27. The Hall–Kier alpha value is -2.18. The van der Waals surface area contributed by atoms with E-state index in [9.17, 15) is 14.4 Å². The number of epoxide rings is 1. The topological polar surface area (TPSA) is 86.1 Å². The summed E-state index contributed by atoms with van der Waals surface area (Å²) < 4.78 is 18.0. The van der Waals surface area contributed by atoms with Crippen LogP contribution >= 0.6 is 11.6 Å². The van der Waals surface area contributed by atoms with Crippen LogP contribution in [0.1, 0.15) is 57.0 Å². The lowest BCUT2D eigenvalue weighted by Crippen LogP contribution is -2.63. The average molecular weight is 485 g/mol. The SMILES string of the molecule is CC1C[C@H]2[C@@H]3CCC4=CC(=O)C=C[C@]4(C)[C@@]34O[C@@H]4C[C@]2(C)[C@@]1(OC(=O)c1ccco1)C(=O)CCl. The van der Waals surface area contributed by atoms with Crippen LogP contribution in [0.3, 0.4) is 0 Å². The molecule has 2 heterocycles. The number of alkyl halides is 1. The Labute approximate surface area is 203 Å². The minimum atomic E-state index is -1.35. The number of rotatable bonds is 4. The number of halogens is 1. The van der Waals surface area contributed by atoms with E-state index < -0.39 is 17.0 Å². The fourth-order valence-corrected chi connectivity index (χ4v) is 8.73. The summed E-state index contributed by atoms with van der Waals surface area (Å²) in [4.78, 5) is 38.8. The number of hydrogen-bond donors (Lipinski definition) is 0. The standard InChI is InChI=1S/C27H29ClO6/c1-15-11-19-18-7-6-16-12-17(29)8-9-24(16,2)27(18)22(33-27)13-25(19,3)26(15,21(30)14-28)34-23(31)20-5-4-10-32-20/h4-5,8-10,12,15,18-19,22H,6-7,11,13-14H2,1-3H3/t15?,18-,19-,22+,24-,25-,26-,27+/m0/s1. The minimum absolute atomic E-state index is 0.0335. The Kier molecular flexibility index (Phi) is 4.55. The molecule has 1 aromatic heterocycles. The van der Waals surface area contributed by atoms with Gasteiger partial charge in [0.2, 0.25) is 5.76 Å². The lowest BCUT2D eigenvalue weighted by Gasteiger charge is -2.56. The van der Waals surface area contributed by atoms with E-state index in [4.69, 9.17) is 25.5 Å². The quantitative estimate of drug-likeness (QED) is 0.351. The maximum atomic E-state index is 13.6. The first-order valence-corrected chi connectivity index (χ1v) is 12.7. The minimum Gasteiger partial charge on any atom is -0.457 e. The Morgan fingerprint density at radius 3 is 2.76 bits per heavy atom. The first-order valence-electron chi connectivity index (χ1n) is 12.1. The molecule has 1 unspecified atom stereocenters. The molecule has 6 rings (SSSR count). The number of fused-ring (bicyclic) bond motifs is 3. The third-order valence-electron chi connectivity index (χ3n) is 9.99. The number of furan rings is 1. The van der Waals surface area contributed by atoms with Gasteiger partial charge in [0.05, 0.1) is 18.2 Å². The Bertz CT molecular complexity index is 1150. The molecule has 1 aromatic rings.